The molecule has 4 rings (SSSR count). The number of fused-ring (bicyclic) bond motifs is 1. The first-order chi connectivity index (χ1) is 13.2. The van der Waals surface area contributed by atoms with Crippen molar-refractivity contribution in [2.75, 3.05) is 13.2 Å². The van der Waals surface area contributed by atoms with E-state index in [0.29, 0.717) is 49.2 Å². The van der Waals surface area contributed by atoms with Crippen LogP contribution in [0.3, 0.4) is 0 Å². The summed E-state index contributed by atoms with van der Waals surface area (Å²) < 4.78 is 11.2. The molecule has 0 spiro atoms. The molecule has 0 bridgehead atoms. The maximum absolute atomic E-state index is 12.7. The standard InChI is InChI=1S/C20H24ClN3O3/c21-15-10-8-14(9-11-15)20-22-18(27-23-20)6-3-7-19(25)24-12-13-26-17-5-2-1-4-16(17)24/h8-11,16-17H,1-7,12-13H2. The van der Waals surface area contributed by atoms with Gasteiger partial charge in [0.15, 0.2) is 0 Å². The number of halogens is 1. The van der Waals surface area contributed by atoms with E-state index in [1.54, 1.807) is 12.1 Å². The molecule has 2 aliphatic rings. The van der Waals surface area contributed by atoms with E-state index in [1.807, 2.05) is 17.0 Å². The molecule has 2 fully saturated rings. The average Bonchev–Trinajstić information content (AvgIpc) is 3.17. The molecule has 1 saturated carbocycles. The molecule has 1 aliphatic heterocycles. The van der Waals surface area contributed by atoms with Gasteiger partial charge in [0.25, 0.3) is 0 Å². The summed E-state index contributed by atoms with van der Waals surface area (Å²) in [6.45, 7) is 1.36. The minimum absolute atomic E-state index is 0.215. The molecule has 1 amide bonds. The first-order valence-corrected chi connectivity index (χ1v) is 10.1. The molecule has 2 unspecified atom stereocenters. The molecule has 6 nitrogen and oxygen atoms in total. The molecule has 1 saturated heterocycles. The number of rotatable bonds is 5. The molecule has 0 N–H and O–H groups in total. The van der Waals surface area contributed by atoms with Crippen LogP contribution >= 0.6 is 11.6 Å². The number of amides is 1. The van der Waals surface area contributed by atoms with Crippen LogP contribution in [0.5, 0.6) is 0 Å². The fourth-order valence-electron chi connectivity index (χ4n) is 4.01. The predicted octanol–water partition coefficient (Wildman–Crippen LogP) is 3.88. The predicted molar refractivity (Wildman–Crippen MR) is 101 cm³/mol. The average molecular weight is 390 g/mol. The SMILES string of the molecule is O=C(CCCc1nc(-c2ccc(Cl)cc2)no1)N1CCOC2CCCCC21. The van der Waals surface area contributed by atoms with E-state index in [2.05, 4.69) is 10.1 Å². The van der Waals surface area contributed by atoms with Gasteiger partial charge in [-0.1, -0.05) is 29.6 Å². The highest BCUT2D eigenvalue weighted by atomic mass is 35.5. The number of carbonyl (C=O) groups is 1. The van der Waals surface area contributed by atoms with Crippen LogP contribution in [-0.2, 0) is 16.0 Å². The largest absolute Gasteiger partial charge is 0.374 e. The summed E-state index contributed by atoms with van der Waals surface area (Å²) in [5, 5.41) is 4.69. The molecule has 1 aromatic heterocycles. The molecule has 27 heavy (non-hydrogen) atoms. The van der Waals surface area contributed by atoms with Crippen molar-refractivity contribution >= 4 is 17.5 Å². The zero-order valence-electron chi connectivity index (χ0n) is 15.3. The van der Waals surface area contributed by atoms with Gasteiger partial charge < -0.3 is 14.2 Å². The van der Waals surface area contributed by atoms with Gasteiger partial charge in [0.1, 0.15) is 0 Å². The van der Waals surface area contributed by atoms with Gasteiger partial charge >= 0.3 is 0 Å². The lowest BCUT2D eigenvalue weighted by molar-refractivity contribution is -0.149. The number of hydrogen-bond acceptors (Lipinski definition) is 5. The zero-order valence-corrected chi connectivity index (χ0v) is 16.0. The van der Waals surface area contributed by atoms with E-state index in [0.717, 1.165) is 18.4 Å². The van der Waals surface area contributed by atoms with Crippen LogP contribution in [0.25, 0.3) is 11.4 Å². The van der Waals surface area contributed by atoms with Crippen molar-refractivity contribution in [2.45, 2.75) is 57.1 Å². The summed E-state index contributed by atoms with van der Waals surface area (Å²) >= 11 is 5.90. The quantitative estimate of drug-likeness (QED) is 0.776. The molecule has 2 heterocycles. The van der Waals surface area contributed by atoms with Gasteiger partial charge in [-0.15, -0.1) is 0 Å². The topological polar surface area (TPSA) is 68.5 Å². The minimum Gasteiger partial charge on any atom is -0.374 e. The Balaban J connectivity index is 1.29. The van der Waals surface area contributed by atoms with Gasteiger partial charge in [0.05, 0.1) is 18.8 Å². The van der Waals surface area contributed by atoms with Crippen LogP contribution < -0.4 is 0 Å². The van der Waals surface area contributed by atoms with Gasteiger partial charge in [-0.05, 0) is 43.5 Å². The Morgan fingerprint density at radius 1 is 1.22 bits per heavy atom. The molecule has 7 heteroatoms. The van der Waals surface area contributed by atoms with Crippen molar-refractivity contribution in [3.05, 3.63) is 35.2 Å². The van der Waals surface area contributed by atoms with Crippen molar-refractivity contribution in [1.29, 1.82) is 0 Å². The van der Waals surface area contributed by atoms with Crippen molar-refractivity contribution in [3.63, 3.8) is 0 Å². The Labute approximate surface area is 163 Å². The number of hydrogen-bond donors (Lipinski definition) is 0. The third kappa shape index (κ3) is 4.33. The molecule has 0 radical (unpaired) electrons. The van der Waals surface area contributed by atoms with Crippen LogP contribution in [-0.4, -0.2) is 46.2 Å². The number of nitrogens with zero attached hydrogens (tertiary/aromatic N) is 3. The maximum Gasteiger partial charge on any atom is 0.226 e. The smallest absolute Gasteiger partial charge is 0.226 e. The number of benzene rings is 1. The molecular weight excluding hydrogens is 366 g/mol. The lowest BCUT2D eigenvalue weighted by atomic mass is 9.90. The van der Waals surface area contributed by atoms with Gasteiger partial charge in [-0.3, -0.25) is 4.79 Å². The number of aromatic nitrogens is 2. The first-order valence-electron chi connectivity index (χ1n) is 9.70. The van der Waals surface area contributed by atoms with E-state index in [-0.39, 0.29) is 18.1 Å². The fourth-order valence-corrected chi connectivity index (χ4v) is 4.14. The highest BCUT2D eigenvalue weighted by molar-refractivity contribution is 6.30. The van der Waals surface area contributed by atoms with E-state index in [9.17, 15) is 4.79 Å². The third-order valence-corrected chi connectivity index (χ3v) is 5.66. The molecule has 1 aliphatic carbocycles. The van der Waals surface area contributed by atoms with Crippen LogP contribution in [0, 0.1) is 0 Å². The van der Waals surface area contributed by atoms with Crippen LogP contribution in [0.2, 0.25) is 5.02 Å². The third-order valence-electron chi connectivity index (χ3n) is 5.40. The summed E-state index contributed by atoms with van der Waals surface area (Å²) in [7, 11) is 0. The van der Waals surface area contributed by atoms with Gasteiger partial charge in [-0.2, -0.15) is 4.98 Å². The molecule has 144 valence electrons. The Morgan fingerprint density at radius 3 is 2.89 bits per heavy atom. The van der Waals surface area contributed by atoms with Gasteiger partial charge in [-0.25, -0.2) is 0 Å². The Hall–Kier alpha value is -1.92. The van der Waals surface area contributed by atoms with Gasteiger partial charge in [0.2, 0.25) is 17.6 Å². The number of carbonyl (C=O) groups excluding carboxylic acids is 1. The van der Waals surface area contributed by atoms with Crippen molar-refractivity contribution in [3.8, 4) is 11.4 Å². The van der Waals surface area contributed by atoms with E-state index in [4.69, 9.17) is 20.9 Å². The second kappa shape index (κ2) is 8.40. The van der Waals surface area contributed by atoms with E-state index in [1.165, 1.54) is 12.8 Å². The van der Waals surface area contributed by atoms with Crippen molar-refractivity contribution in [1.82, 2.24) is 15.0 Å². The summed E-state index contributed by atoms with van der Waals surface area (Å²) in [5.74, 6) is 1.32. The monoisotopic (exact) mass is 389 g/mol. The number of aryl methyl sites for hydroxylation is 1. The fraction of sp³-hybridized carbons (Fsp3) is 0.550. The zero-order chi connectivity index (χ0) is 18.6. The summed E-state index contributed by atoms with van der Waals surface area (Å²) in [4.78, 5) is 19.2. The summed E-state index contributed by atoms with van der Waals surface area (Å²) in [6, 6.07) is 7.58. The summed E-state index contributed by atoms with van der Waals surface area (Å²) in [5.41, 5.74) is 0.863. The van der Waals surface area contributed by atoms with Crippen molar-refractivity contribution in [2.24, 2.45) is 0 Å². The maximum atomic E-state index is 12.7. The molecule has 2 atom stereocenters. The highest BCUT2D eigenvalue weighted by Crippen LogP contribution is 2.29. The Morgan fingerprint density at radius 2 is 2.04 bits per heavy atom. The number of ether oxygens (including phenoxy) is 1. The molecule has 1 aromatic carbocycles. The minimum atomic E-state index is 0.215. The lowest BCUT2D eigenvalue weighted by Gasteiger charge is -2.43. The van der Waals surface area contributed by atoms with Crippen LogP contribution in [0.15, 0.2) is 28.8 Å². The second-order valence-corrected chi connectivity index (χ2v) is 7.66. The van der Waals surface area contributed by atoms with Crippen LogP contribution in [0.4, 0.5) is 0 Å². The molecule has 2 aromatic rings. The van der Waals surface area contributed by atoms with Crippen molar-refractivity contribution < 1.29 is 14.1 Å². The Bertz CT molecular complexity index is 775. The lowest BCUT2D eigenvalue weighted by Crippen LogP contribution is -2.54. The highest BCUT2D eigenvalue weighted by Gasteiger charge is 2.36. The second-order valence-electron chi connectivity index (χ2n) is 7.22. The first kappa shape index (κ1) is 18.4. The van der Waals surface area contributed by atoms with E-state index >= 15 is 0 Å². The van der Waals surface area contributed by atoms with Crippen LogP contribution in [0.1, 0.15) is 44.4 Å². The number of morpholine rings is 1. The Kier molecular flexibility index (Phi) is 5.74. The normalized spacial score (nSPS) is 22.5. The molecular formula is C20H24ClN3O3. The summed E-state index contributed by atoms with van der Waals surface area (Å²) in [6.07, 6.45) is 6.56. The van der Waals surface area contributed by atoms with Gasteiger partial charge in [0, 0.05) is 30.0 Å². The van der Waals surface area contributed by atoms with E-state index < -0.39 is 0 Å².